The number of aliphatic carboxylic acids is 1. The lowest BCUT2D eigenvalue weighted by atomic mass is 9.95. The molecule has 1 fully saturated rings. The number of carbonyl (C=O) groups excluding carboxylic acids is 1. The van der Waals surface area contributed by atoms with Gasteiger partial charge in [-0.25, -0.2) is 0 Å². The van der Waals surface area contributed by atoms with E-state index in [-0.39, 0.29) is 18.2 Å². The van der Waals surface area contributed by atoms with Crippen LogP contribution in [0.15, 0.2) is 24.3 Å². The van der Waals surface area contributed by atoms with E-state index >= 15 is 0 Å². The number of nitrogens with zero attached hydrogens (tertiary/aromatic N) is 1. The van der Waals surface area contributed by atoms with Crippen molar-refractivity contribution in [1.82, 2.24) is 4.90 Å². The highest BCUT2D eigenvalue weighted by atomic mass is 16.4. The molecule has 1 aliphatic rings. The van der Waals surface area contributed by atoms with E-state index in [1.807, 2.05) is 0 Å². The molecular formula is C16H21NO3. The quantitative estimate of drug-likeness (QED) is 0.865. The number of likely N-dealkylation sites (tertiary alicyclic amines) is 1. The van der Waals surface area contributed by atoms with E-state index in [4.69, 9.17) is 5.11 Å². The number of rotatable bonds is 6. The molecule has 0 radical (unpaired) electrons. The predicted octanol–water partition coefficient (Wildman–Crippen LogP) is 2.11. The lowest BCUT2D eigenvalue weighted by Crippen LogP contribution is -2.50. The number of carboxylic acid groups (broad SMARTS) is 1. The SMILES string of the molecule is CCc1ccc(CCC(=O)N2CC(CC(=O)O)C2)cc1. The molecule has 0 aliphatic carbocycles. The largest absolute Gasteiger partial charge is 0.481 e. The molecule has 0 unspecified atom stereocenters. The topological polar surface area (TPSA) is 57.6 Å². The average Bonchev–Trinajstić information content (AvgIpc) is 2.40. The third-order valence-corrected chi connectivity index (χ3v) is 3.83. The van der Waals surface area contributed by atoms with Crippen molar-refractivity contribution in [1.29, 1.82) is 0 Å². The van der Waals surface area contributed by atoms with Crippen LogP contribution in [0.5, 0.6) is 0 Å². The summed E-state index contributed by atoms with van der Waals surface area (Å²) in [5.74, 6) is -0.510. The summed E-state index contributed by atoms with van der Waals surface area (Å²) < 4.78 is 0. The zero-order valence-electron chi connectivity index (χ0n) is 11.8. The number of hydrogen-bond donors (Lipinski definition) is 1. The summed E-state index contributed by atoms with van der Waals surface area (Å²) in [6.45, 7) is 3.32. The molecule has 1 aromatic carbocycles. The molecule has 4 heteroatoms. The summed E-state index contributed by atoms with van der Waals surface area (Å²) >= 11 is 0. The highest BCUT2D eigenvalue weighted by Crippen LogP contribution is 2.20. The monoisotopic (exact) mass is 275 g/mol. The van der Waals surface area contributed by atoms with Crippen molar-refractivity contribution < 1.29 is 14.7 Å². The summed E-state index contributed by atoms with van der Waals surface area (Å²) in [4.78, 5) is 24.2. The molecule has 0 bridgehead atoms. The van der Waals surface area contributed by atoms with E-state index in [9.17, 15) is 9.59 Å². The minimum Gasteiger partial charge on any atom is -0.481 e. The smallest absolute Gasteiger partial charge is 0.303 e. The fourth-order valence-electron chi connectivity index (χ4n) is 2.50. The Labute approximate surface area is 119 Å². The van der Waals surface area contributed by atoms with E-state index in [1.165, 1.54) is 11.1 Å². The molecule has 0 saturated carbocycles. The first-order valence-electron chi connectivity index (χ1n) is 7.16. The normalized spacial score (nSPS) is 14.9. The van der Waals surface area contributed by atoms with Gasteiger partial charge in [0.2, 0.25) is 5.91 Å². The maximum Gasteiger partial charge on any atom is 0.303 e. The molecule has 2 rings (SSSR count). The van der Waals surface area contributed by atoms with Gasteiger partial charge in [0.1, 0.15) is 0 Å². The molecule has 0 aromatic heterocycles. The van der Waals surface area contributed by atoms with Gasteiger partial charge in [0.05, 0.1) is 6.42 Å². The Morgan fingerprint density at radius 2 is 1.80 bits per heavy atom. The van der Waals surface area contributed by atoms with E-state index in [2.05, 4.69) is 31.2 Å². The second-order valence-corrected chi connectivity index (χ2v) is 5.43. The third kappa shape index (κ3) is 3.83. The lowest BCUT2D eigenvalue weighted by Gasteiger charge is -2.38. The maximum absolute atomic E-state index is 11.9. The van der Waals surface area contributed by atoms with Crippen molar-refractivity contribution in [3.05, 3.63) is 35.4 Å². The Balaban J connectivity index is 1.72. The maximum atomic E-state index is 11.9. The van der Waals surface area contributed by atoms with Gasteiger partial charge in [-0.3, -0.25) is 9.59 Å². The van der Waals surface area contributed by atoms with Crippen LogP contribution in [0.1, 0.15) is 30.9 Å². The van der Waals surface area contributed by atoms with E-state index < -0.39 is 5.97 Å². The van der Waals surface area contributed by atoms with E-state index in [0.29, 0.717) is 19.5 Å². The first kappa shape index (κ1) is 14.6. The van der Waals surface area contributed by atoms with Gasteiger partial charge in [-0.05, 0) is 24.0 Å². The zero-order valence-corrected chi connectivity index (χ0v) is 11.8. The van der Waals surface area contributed by atoms with Gasteiger partial charge < -0.3 is 10.0 Å². The minimum atomic E-state index is -0.780. The fraction of sp³-hybridized carbons (Fsp3) is 0.500. The van der Waals surface area contributed by atoms with Crippen LogP contribution < -0.4 is 0 Å². The summed E-state index contributed by atoms with van der Waals surface area (Å²) in [5.41, 5.74) is 2.48. The first-order valence-corrected chi connectivity index (χ1v) is 7.16. The Morgan fingerprint density at radius 3 is 2.35 bits per heavy atom. The lowest BCUT2D eigenvalue weighted by molar-refractivity contribution is -0.145. The number of amides is 1. The standard InChI is InChI=1S/C16H21NO3/c1-2-12-3-5-13(6-4-12)7-8-15(18)17-10-14(11-17)9-16(19)20/h3-6,14H,2,7-11H2,1H3,(H,19,20). The second kappa shape index (κ2) is 6.55. The predicted molar refractivity (Wildman–Crippen MR) is 76.5 cm³/mol. The van der Waals surface area contributed by atoms with Gasteiger partial charge in [0, 0.05) is 25.4 Å². The molecule has 1 saturated heterocycles. The number of carboxylic acids is 1. The summed E-state index contributed by atoms with van der Waals surface area (Å²) in [6, 6.07) is 8.36. The molecular weight excluding hydrogens is 254 g/mol. The number of aryl methyl sites for hydroxylation is 2. The summed E-state index contributed by atoms with van der Waals surface area (Å²) in [6.07, 6.45) is 2.45. The summed E-state index contributed by atoms with van der Waals surface area (Å²) in [7, 11) is 0. The highest BCUT2D eigenvalue weighted by Gasteiger charge is 2.31. The molecule has 1 heterocycles. The van der Waals surface area contributed by atoms with Crippen molar-refractivity contribution in [2.24, 2.45) is 5.92 Å². The van der Waals surface area contributed by atoms with Crippen molar-refractivity contribution in [3.63, 3.8) is 0 Å². The van der Waals surface area contributed by atoms with Crippen LogP contribution in [0.3, 0.4) is 0 Å². The van der Waals surface area contributed by atoms with Crippen molar-refractivity contribution in [2.75, 3.05) is 13.1 Å². The Kier molecular flexibility index (Phi) is 4.77. The van der Waals surface area contributed by atoms with Crippen molar-refractivity contribution in [2.45, 2.75) is 32.6 Å². The number of hydrogen-bond acceptors (Lipinski definition) is 2. The molecule has 0 atom stereocenters. The zero-order chi connectivity index (χ0) is 14.5. The average molecular weight is 275 g/mol. The van der Waals surface area contributed by atoms with Crippen LogP contribution in [0.25, 0.3) is 0 Å². The van der Waals surface area contributed by atoms with Crippen LogP contribution in [0.2, 0.25) is 0 Å². The second-order valence-electron chi connectivity index (χ2n) is 5.43. The molecule has 1 N–H and O–H groups in total. The van der Waals surface area contributed by atoms with Crippen LogP contribution >= 0.6 is 0 Å². The van der Waals surface area contributed by atoms with Gasteiger partial charge >= 0.3 is 5.97 Å². The van der Waals surface area contributed by atoms with Crippen LogP contribution in [0, 0.1) is 5.92 Å². The van der Waals surface area contributed by atoms with Gasteiger partial charge in [-0.1, -0.05) is 31.2 Å². The molecule has 1 aliphatic heterocycles. The van der Waals surface area contributed by atoms with Crippen LogP contribution in [-0.2, 0) is 22.4 Å². The summed E-state index contributed by atoms with van der Waals surface area (Å²) in [5, 5.41) is 8.67. The number of benzene rings is 1. The van der Waals surface area contributed by atoms with E-state index in [0.717, 1.165) is 12.8 Å². The molecule has 4 nitrogen and oxygen atoms in total. The Hall–Kier alpha value is -1.84. The van der Waals surface area contributed by atoms with Gasteiger partial charge in [0.15, 0.2) is 0 Å². The van der Waals surface area contributed by atoms with Crippen molar-refractivity contribution in [3.8, 4) is 0 Å². The first-order chi connectivity index (χ1) is 9.58. The molecule has 1 amide bonds. The third-order valence-electron chi connectivity index (χ3n) is 3.83. The van der Waals surface area contributed by atoms with Gasteiger partial charge in [-0.15, -0.1) is 0 Å². The van der Waals surface area contributed by atoms with Crippen molar-refractivity contribution >= 4 is 11.9 Å². The van der Waals surface area contributed by atoms with Crippen LogP contribution in [0.4, 0.5) is 0 Å². The van der Waals surface area contributed by atoms with Gasteiger partial charge in [-0.2, -0.15) is 0 Å². The molecule has 1 aromatic rings. The highest BCUT2D eigenvalue weighted by molar-refractivity contribution is 5.77. The molecule has 0 spiro atoms. The Bertz CT molecular complexity index is 475. The van der Waals surface area contributed by atoms with E-state index in [1.54, 1.807) is 4.90 Å². The number of carbonyl (C=O) groups is 2. The van der Waals surface area contributed by atoms with Crippen LogP contribution in [-0.4, -0.2) is 35.0 Å². The van der Waals surface area contributed by atoms with Gasteiger partial charge in [0.25, 0.3) is 0 Å². The fourth-order valence-corrected chi connectivity index (χ4v) is 2.50. The minimum absolute atomic E-state index is 0.131. The molecule has 108 valence electrons. The molecule has 20 heavy (non-hydrogen) atoms. The Morgan fingerprint density at radius 1 is 1.20 bits per heavy atom.